The monoisotopic (exact) mass is 639 g/mol. The number of nitrogens with two attached hydrogens (primary N) is 1. The van der Waals surface area contributed by atoms with E-state index in [1.807, 2.05) is 62.1 Å². The number of hydrogen-bond acceptors (Lipinski definition) is 7. The van der Waals surface area contributed by atoms with Crippen molar-refractivity contribution in [1.82, 2.24) is 19.9 Å². The van der Waals surface area contributed by atoms with Gasteiger partial charge in [-0.05, 0) is 69.2 Å². The number of benzene rings is 2. The second-order valence-electron chi connectivity index (χ2n) is 12.9. The number of nitrogens with zero attached hydrogens (tertiary/aromatic N) is 2. The van der Waals surface area contributed by atoms with Crippen molar-refractivity contribution in [2.75, 3.05) is 32.8 Å². The average molecular weight is 640 g/mol. The van der Waals surface area contributed by atoms with Gasteiger partial charge in [0.25, 0.3) is 11.8 Å². The number of fused-ring (bicyclic) bond motifs is 1. The Bertz CT molecular complexity index is 1580. The van der Waals surface area contributed by atoms with Gasteiger partial charge in [-0.3, -0.25) is 14.4 Å². The molecule has 2 saturated heterocycles. The molecule has 5 rings (SSSR count). The SMILES string of the molecule is CC1CCN(C(=O)c2nc(C(=O)NCC3(C(N)=O)CCOCC3)sc2-c2ccc(S(=O)NC(C)(C)C)c3ccccc23)CC1. The second kappa shape index (κ2) is 13.0. The van der Waals surface area contributed by atoms with E-state index in [4.69, 9.17) is 10.5 Å². The van der Waals surface area contributed by atoms with Crippen molar-refractivity contribution in [3.63, 3.8) is 0 Å². The van der Waals surface area contributed by atoms with Crippen LogP contribution in [0.25, 0.3) is 21.2 Å². The van der Waals surface area contributed by atoms with Gasteiger partial charge in [0.05, 0.1) is 15.2 Å². The van der Waals surface area contributed by atoms with Crippen molar-refractivity contribution in [3.05, 3.63) is 47.1 Å². The molecule has 0 saturated carbocycles. The number of rotatable bonds is 8. The Hall–Kier alpha value is -3.19. The third-order valence-electron chi connectivity index (χ3n) is 8.38. The molecule has 3 aromatic rings. The summed E-state index contributed by atoms with van der Waals surface area (Å²) in [6.45, 7) is 10.2. The van der Waals surface area contributed by atoms with E-state index >= 15 is 0 Å². The van der Waals surface area contributed by atoms with Crippen molar-refractivity contribution in [3.8, 4) is 10.4 Å². The molecule has 2 fully saturated rings. The Morgan fingerprint density at radius 1 is 1.09 bits per heavy atom. The minimum Gasteiger partial charge on any atom is -0.381 e. The lowest BCUT2D eigenvalue weighted by molar-refractivity contribution is -0.132. The number of amides is 3. The van der Waals surface area contributed by atoms with Gasteiger partial charge >= 0.3 is 0 Å². The maximum Gasteiger partial charge on any atom is 0.280 e. The van der Waals surface area contributed by atoms with Crippen molar-refractivity contribution in [2.24, 2.45) is 17.1 Å². The third-order valence-corrected chi connectivity index (χ3v) is 11.0. The number of primary amides is 1. The van der Waals surface area contributed by atoms with Crippen LogP contribution in [0, 0.1) is 11.3 Å². The molecular weight excluding hydrogens is 599 g/mol. The van der Waals surface area contributed by atoms with E-state index in [1.165, 1.54) is 0 Å². The Morgan fingerprint density at radius 2 is 1.75 bits per heavy atom. The number of hydrogen-bond donors (Lipinski definition) is 3. The topological polar surface area (TPSA) is 144 Å². The fourth-order valence-corrected chi connectivity index (χ4v) is 7.92. The predicted octanol–water partition coefficient (Wildman–Crippen LogP) is 4.26. The normalized spacial score (nSPS) is 18.2. The van der Waals surface area contributed by atoms with Gasteiger partial charge in [-0.25, -0.2) is 13.9 Å². The van der Waals surface area contributed by atoms with Crippen LogP contribution < -0.4 is 15.8 Å². The summed E-state index contributed by atoms with van der Waals surface area (Å²) in [6.07, 6.45) is 2.66. The molecule has 0 aliphatic carbocycles. The first-order valence-corrected chi connectivity index (χ1v) is 17.0. The number of ether oxygens (including phenoxy) is 1. The lowest BCUT2D eigenvalue weighted by Crippen LogP contribution is -2.49. The molecule has 44 heavy (non-hydrogen) atoms. The molecule has 4 N–H and O–H groups in total. The van der Waals surface area contributed by atoms with Crippen LogP contribution >= 0.6 is 11.3 Å². The van der Waals surface area contributed by atoms with Crippen LogP contribution in [0.2, 0.25) is 0 Å². The van der Waals surface area contributed by atoms with E-state index in [1.54, 1.807) is 0 Å². The predicted molar refractivity (Wildman–Crippen MR) is 173 cm³/mol. The Morgan fingerprint density at radius 3 is 2.39 bits per heavy atom. The summed E-state index contributed by atoms with van der Waals surface area (Å²) in [5.74, 6) is -0.615. The maximum absolute atomic E-state index is 14.0. The first-order valence-electron chi connectivity index (χ1n) is 15.1. The highest BCUT2D eigenvalue weighted by molar-refractivity contribution is 7.83. The zero-order chi connectivity index (χ0) is 31.6. The van der Waals surface area contributed by atoms with Crippen molar-refractivity contribution < 1.29 is 23.3 Å². The molecule has 2 aliphatic rings. The molecule has 1 atom stereocenters. The van der Waals surface area contributed by atoms with Crippen molar-refractivity contribution in [2.45, 2.75) is 63.8 Å². The largest absolute Gasteiger partial charge is 0.381 e. The van der Waals surface area contributed by atoms with E-state index in [-0.39, 0.29) is 28.7 Å². The van der Waals surface area contributed by atoms with Crippen LogP contribution in [0.1, 0.15) is 73.7 Å². The number of nitrogens with one attached hydrogen (secondary N) is 2. The van der Waals surface area contributed by atoms with E-state index in [0.29, 0.717) is 54.8 Å². The van der Waals surface area contributed by atoms with Crippen LogP contribution in [-0.4, -0.2) is 70.2 Å². The molecular formula is C32H41N5O5S2. The zero-order valence-corrected chi connectivity index (χ0v) is 27.4. The lowest BCUT2D eigenvalue weighted by atomic mass is 9.79. The van der Waals surface area contributed by atoms with E-state index < -0.39 is 28.2 Å². The standard InChI is InChI=1S/C32H41N5O5S2/c1-20-11-15-37(16-12-20)29(39)25-26(43-28(35-25)27(38)34-19-32(30(33)40)13-17-42-18-14-32)23-9-10-24(44(41)36-31(2,3)4)22-8-6-5-7-21(22)23/h5-10,20,36H,11-19H2,1-4H3,(H2,33,40)(H,34,38). The molecule has 1 unspecified atom stereocenters. The highest BCUT2D eigenvalue weighted by Gasteiger charge is 2.39. The smallest absolute Gasteiger partial charge is 0.280 e. The van der Waals surface area contributed by atoms with E-state index in [9.17, 15) is 18.6 Å². The van der Waals surface area contributed by atoms with Gasteiger partial charge < -0.3 is 20.7 Å². The molecule has 236 valence electrons. The quantitative estimate of drug-likeness (QED) is 0.336. The number of likely N-dealkylation sites (tertiary alicyclic amines) is 1. The molecule has 3 amide bonds. The van der Waals surface area contributed by atoms with Crippen LogP contribution in [-0.2, 0) is 20.5 Å². The first-order chi connectivity index (χ1) is 20.9. The summed E-state index contributed by atoms with van der Waals surface area (Å²) in [7, 11) is -1.48. The lowest BCUT2D eigenvalue weighted by Gasteiger charge is -2.34. The molecule has 10 nitrogen and oxygen atoms in total. The third kappa shape index (κ3) is 6.88. The zero-order valence-electron chi connectivity index (χ0n) is 25.7. The summed E-state index contributed by atoms with van der Waals surface area (Å²) in [5, 5.41) is 4.59. The molecule has 2 aromatic carbocycles. The number of carbonyl (C=O) groups excluding carboxylic acids is 3. The van der Waals surface area contributed by atoms with Crippen LogP contribution in [0.15, 0.2) is 41.3 Å². The molecule has 2 aliphatic heterocycles. The van der Waals surface area contributed by atoms with E-state index in [0.717, 1.165) is 40.5 Å². The van der Waals surface area contributed by atoms with E-state index in [2.05, 4.69) is 21.9 Å². The molecule has 3 heterocycles. The fraction of sp³-hybridized carbons (Fsp3) is 0.500. The minimum atomic E-state index is -1.48. The van der Waals surface area contributed by atoms with Gasteiger partial charge in [0.2, 0.25) is 5.91 Å². The molecule has 0 bridgehead atoms. The molecule has 1 aromatic heterocycles. The average Bonchev–Trinajstić information content (AvgIpc) is 3.44. The number of piperidine rings is 1. The highest BCUT2D eigenvalue weighted by Crippen LogP contribution is 2.39. The Balaban J connectivity index is 1.54. The first kappa shape index (κ1) is 32.2. The molecule has 0 spiro atoms. The Labute approximate surface area is 264 Å². The van der Waals surface area contributed by atoms with Gasteiger partial charge in [0.15, 0.2) is 5.01 Å². The summed E-state index contributed by atoms with van der Waals surface area (Å²) < 4.78 is 21.9. The number of aromatic nitrogens is 1. The Kier molecular flexibility index (Phi) is 9.55. The van der Waals surface area contributed by atoms with Gasteiger partial charge in [-0.1, -0.05) is 37.3 Å². The second-order valence-corrected chi connectivity index (χ2v) is 15.1. The van der Waals surface area contributed by atoms with Gasteiger partial charge in [-0.2, -0.15) is 0 Å². The van der Waals surface area contributed by atoms with Crippen LogP contribution in [0.3, 0.4) is 0 Å². The molecule has 0 radical (unpaired) electrons. The van der Waals surface area contributed by atoms with Gasteiger partial charge in [-0.15, -0.1) is 11.3 Å². The van der Waals surface area contributed by atoms with Gasteiger partial charge in [0, 0.05) is 44.0 Å². The summed E-state index contributed by atoms with van der Waals surface area (Å²) in [5.41, 5.74) is 5.45. The van der Waals surface area contributed by atoms with Crippen molar-refractivity contribution >= 4 is 50.8 Å². The van der Waals surface area contributed by atoms with Crippen molar-refractivity contribution in [1.29, 1.82) is 0 Å². The maximum atomic E-state index is 14.0. The molecule has 12 heteroatoms. The summed E-state index contributed by atoms with van der Waals surface area (Å²) >= 11 is 1.14. The highest BCUT2D eigenvalue weighted by atomic mass is 32.2. The minimum absolute atomic E-state index is 0.0664. The summed E-state index contributed by atoms with van der Waals surface area (Å²) in [4.78, 5) is 47.5. The van der Waals surface area contributed by atoms with Crippen LogP contribution in [0.5, 0.6) is 0 Å². The van der Waals surface area contributed by atoms with Gasteiger partial charge in [0.1, 0.15) is 16.7 Å². The van der Waals surface area contributed by atoms with Crippen LogP contribution in [0.4, 0.5) is 0 Å². The number of thiazole rings is 1. The summed E-state index contributed by atoms with van der Waals surface area (Å²) in [6, 6.07) is 11.3. The fourth-order valence-electron chi connectivity index (χ4n) is 5.67. The number of carbonyl (C=O) groups is 3.